The predicted octanol–water partition coefficient (Wildman–Crippen LogP) is 2.02. The summed E-state index contributed by atoms with van der Waals surface area (Å²) in [6, 6.07) is 7.18. The van der Waals surface area contributed by atoms with Gasteiger partial charge in [-0.05, 0) is 11.1 Å². The molecule has 72 valence electrons. The standard InChI is InChI=1S/C11H12N2O/c1-2-9-3-5-10(6-4-9)7-8-13-11(12)14/h2-6,8H,1,7H2,(H2,12,14). The Morgan fingerprint density at radius 2 is 2.07 bits per heavy atom. The van der Waals surface area contributed by atoms with Crippen LogP contribution in [-0.2, 0) is 6.42 Å². The van der Waals surface area contributed by atoms with Crippen molar-refractivity contribution in [3.05, 3.63) is 42.0 Å². The molecule has 1 aromatic carbocycles. The number of primary amides is 1. The Kier molecular flexibility index (Phi) is 3.61. The van der Waals surface area contributed by atoms with Crippen LogP contribution in [0.15, 0.2) is 35.8 Å². The van der Waals surface area contributed by atoms with Crippen molar-refractivity contribution in [2.45, 2.75) is 6.42 Å². The third-order valence-corrected chi connectivity index (χ3v) is 1.76. The molecule has 0 aliphatic carbocycles. The van der Waals surface area contributed by atoms with Crippen LogP contribution in [0, 0.1) is 0 Å². The van der Waals surface area contributed by atoms with Gasteiger partial charge in [0.25, 0.3) is 0 Å². The van der Waals surface area contributed by atoms with E-state index in [1.54, 1.807) is 6.08 Å². The molecule has 0 radical (unpaired) electrons. The molecule has 0 aliphatic rings. The Bertz CT molecular complexity index is 352. The van der Waals surface area contributed by atoms with Gasteiger partial charge in [0.05, 0.1) is 0 Å². The van der Waals surface area contributed by atoms with E-state index in [0.29, 0.717) is 6.42 Å². The molecular weight excluding hydrogens is 176 g/mol. The van der Waals surface area contributed by atoms with Gasteiger partial charge in [-0.25, -0.2) is 9.79 Å². The van der Waals surface area contributed by atoms with Crippen LogP contribution in [-0.4, -0.2) is 12.2 Å². The summed E-state index contributed by atoms with van der Waals surface area (Å²) in [6.07, 6.45) is 3.90. The van der Waals surface area contributed by atoms with Crippen LogP contribution in [0.5, 0.6) is 0 Å². The normalized spacial score (nSPS) is 10.3. The zero-order valence-corrected chi connectivity index (χ0v) is 7.81. The first-order valence-electron chi connectivity index (χ1n) is 4.25. The summed E-state index contributed by atoms with van der Waals surface area (Å²) in [5, 5.41) is 0. The number of carbonyl (C=O) groups is 1. The molecule has 3 nitrogen and oxygen atoms in total. The average molecular weight is 188 g/mol. The van der Waals surface area contributed by atoms with Gasteiger partial charge in [-0.2, -0.15) is 0 Å². The van der Waals surface area contributed by atoms with Crippen molar-refractivity contribution in [1.82, 2.24) is 0 Å². The molecule has 0 fully saturated rings. The second-order valence-electron chi connectivity index (χ2n) is 2.80. The van der Waals surface area contributed by atoms with Crippen molar-refractivity contribution in [2.24, 2.45) is 10.7 Å². The third-order valence-electron chi connectivity index (χ3n) is 1.76. The third kappa shape index (κ3) is 3.23. The molecule has 0 saturated carbocycles. The van der Waals surface area contributed by atoms with E-state index >= 15 is 0 Å². The van der Waals surface area contributed by atoms with Crippen LogP contribution in [0.2, 0.25) is 0 Å². The van der Waals surface area contributed by atoms with Crippen LogP contribution in [0.4, 0.5) is 4.79 Å². The molecule has 0 aromatic heterocycles. The maximum Gasteiger partial charge on any atom is 0.337 e. The topological polar surface area (TPSA) is 55.4 Å². The second kappa shape index (κ2) is 4.97. The molecule has 0 unspecified atom stereocenters. The number of nitrogens with zero attached hydrogens (tertiary/aromatic N) is 1. The lowest BCUT2D eigenvalue weighted by atomic mass is 10.1. The molecular formula is C11H12N2O. The SMILES string of the molecule is C=Cc1ccc(CC=NC(N)=O)cc1. The van der Waals surface area contributed by atoms with Gasteiger partial charge in [0.15, 0.2) is 0 Å². The molecule has 3 heteroatoms. The van der Waals surface area contributed by atoms with Gasteiger partial charge in [0, 0.05) is 12.6 Å². The molecule has 0 aliphatic heterocycles. The van der Waals surface area contributed by atoms with Gasteiger partial charge in [0.2, 0.25) is 0 Å². The maximum absolute atomic E-state index is 10.3. The highest BCUT2D eigenvalue weighted by atomic mass is 16.2. The van der Waals surface area contributed by atoms with Crippen LogP contribution < -0.4 is 5.73 Å². The fraction of sp³-hybridized carbons (Fsp3) is 0.0909. The fourth-order valence-corrected chi connectivity index (χ4v) is 1.03. The lowest BCUT2D eigenvalue weighted by Gasteiger charge is -1.96. The number of amides is 2. The first kappa shape index (κ1) is 10.2. The van der Waals surface area contributed by atoms with Crippen molar-refractivity contribution in [2.75, 3.05) is 0 Å². The van der Waals surface area contributed by atoms with Crippen molar-refractivity contribution in [3.63, 3.8) is 0 Å². The van der Waals surface area contributed by atoms with E-state index in [-0.39, 0.29) is 0 Å². The van der Waals surface area contributed by atoms with Crippen LogP contribution in [0.1, 0.15) is 11.1 Å². The summed E-state index contributed by atoms with van der Waals surface area (Å²) in [4.78, 5) is 13.8. The molecule has 2 N–H and O–H groups in total. The van der Waals surface area contributed by atoms with Crippen molar-refractivity contribution < 1.29 is 4.79 Å². The number of carbonyl (C=O) groups excluding carboxylic acids is 1. The zero-order chi connectivity index (χ0) is 10.4. The van der Waals surface area contributed by atoms with E-state index in [9.17, 15) is 4.79 Å². The lowest BCUT2D eigenvalue weighted by Crippen LogP contribution is -2.04. The number of benzene rings is 1. The predicted molar refractivity (Wildman–Crippen MR) is 58.3 cm³/mol. The second-order valence-corrected chi connectivity index (χ2v) is 2.80. The summed E-state index contributed by atoms with van der Waals surface area (Å²) in [7, 11) is 0. The summed E-state index contributed by atoms with van der Waals surface area (Å²) in [5.41, 5.74) is 7.01. The minimum Gasteiger partial charge on any atom is -0.350 e. The number of aliphatic imine (C=N–C) groups is 1. The van der Waals surface area contributed by atoms with E-state index in [2.05, 4.69) is 11.6 Å². The van der Waals surface area contributed by atoms with Crippen molar-refractivity contribution >= 4 is 18.3 Å². The van der Waals surface area contributed by atoms with E-state index in [4.69, 9.17) is 5.73 Å². The van der Waals surface area contributed by atoms with Gasteiger partial charge in [-0.15, -0.1) is 0 Å². The van der Waals surface area contributed by atoms with Gasteiger partial charge in [-0.1, -0.05) is 36.9 Å². The van der Waals surface area contributed by atoms with Gasteiger partial charge in [-0.3, -0.25) is 0 Å². The highest BCUT2D eigenvalue weighted by molar-refractivity contribution is 5.82. The minimum atomic E-state index is -0.660. The highest BCUT2D eigenvalue weighted by Crippen LogP contribution is 2.05. The minimum absolute atomic E-state index is 0.611. The largest absolute Gasteiger partial charge is 0.350 e. The first-order chi connectivity index (χ1) is 6.72. The molecule has 0 spiro atoms. The Balaban J connectivity index is 2.60. The highest BCUT2D eigenvalue weighted by Gasteiger charge is 1.90. The Morgan fingerprint density at radius 3 is 2.57 bits per heavy atom. The number of rotatable bonds is 3. The van der Waals surface area contributed by atoms with E-state index in [1.165, 1.54) is 6.21 Å². The fourth-order valence-electron chi connectivity index (χ4n) is 1.03. The smallest absolute Gasteiger partial charge is 0.337 e. The molecule has 0 heterocycles. The summed E-state index contributed by atoms with van der Waals surface area (Å²) in [6.45, 7) is 3.66. The molecule has 0 saturated heterocycles. The van der Waals surface area contributed by atoms with E-state index in [0.717, 1.165) is 11.1 Å². The molecule has 0 bridgehead atoms. The van der Waals surface area contributed by atoms with E-state index < -0.39 is 6.03 Å². The van der Waals surface area contributed by atoms with Crippen LogP contribution in [0.3, 0.4) is 0 Å². The maximum atomic E-state index is 10.3. The molecule has 2 amide bonds. The Labute approximate surface area is 83.0 Å². The Hall–Kier alpha value is -1.90. The summed E-state index contributed by atoms with van der Waals surface area (Å²) < 4.78 is 0. The van der Waals surface area contributed by atoms with E-state index in [1.807, 2.05) is 24.3 Å². The molecule has 14 heavy (non-hydrogen) atoms. The molecule has 1 rings (SSSR count). The van der Waals surface area contributed by atoms with Crippen molar-refractivity contribution in [1.29, 1.82) is 0 Å². The van der Waals surface area contributed by atoms with Gasteiger partial charge >= 0.3 is 6.03 Å². The summed E-state index contributed by atoms with van der Waals surface area (Å²) >= 11 is 0. The lowest BCUT2D eigenvalue weighted by molar-refractivity contribution is 0.257. The number of hydrogen-bond donors (Lipinski definition) is 1. The molecule has 0 atom stereocenters. The summed E-state index contributed by atoms with van der Waals surface area (Å²) in [5.74, 6) is 0. The first-order valence-corrected chi connectivity index (χ1v) is 4.25. The average Bonchev–Trinajstić information content (AvgIpc) is 2.18. The van der Waals surface area contributed by atoms with Gasteiger partial charge < -0.3 is 5.73 Å². The van der Waals surface area contributed by atoms with Gasteiger partial charge in [0.1, 0.15) is 0 Å². The van der Waals surface area contributed by atoms with Crippen molar-refractivity contribution in [3.8, 4) is 0 Å². The zero-order valence-electron chi connectivity index (χ0n) is 7.81. The van der Waals surface area contributed by atoms with Crippen LogP contribution in [0.25, 0.3) is 6.08 Å². The number of urea groups is 1. The number of hydrogen-bond acceptors (Lipinski definition) is 1. The Morgan fingerprint density at radius 1 is 1.43 bits per heavy atom. The van der Waals surface area contributed by atoms with Crippen LogP contribution >= 0.6 is 0 Å². The number of nitrogens with two attached hydrogens (primary N) is 1. The quantitative estimate of drug-likeness (QED) is 0.725. The monoisotopic (exact) mass is 188 g/mol. The molecule has 1 aromatic rings.